The third-order valence-electron chi connectivity index (χ3n) is 3.04. The molecule has 9 heteroatoms. The van der Waals surface area contributed by atoms with E-state index >= 15 is 0 Å². The molecule has 0 spiro atoms. The monoisotopic (exact) mass is 292 g/mol. The molecule has 7 nitrogen and oxygen atoms in total. The van der Waals surface area contributed by atoms with Gasteiger partial charge < -0.3 is 10.5 Å². The van der Waals surface area contributed by atoms with Crippen molar-refractivity contribution in [1.82, 2.24) is 14.9 Å². The van der Waals surface area contributed by atoms with Crippen molar-refractivity contribution in [2.45, 2.75) is 24.1 Å². The Hall–Kier alpha value is -0.770. The lowest BCUT2D eigenvalue weighted by Gasteiger charge is -2.33. The lowest BCUT2D eigenvalue weighted by Crippen LogP contribution is -2.39. The maximum Gasteiger partial charge on any atom is 0.269 e. The van der Waals surface area contributed by atoms with Crippen molar-refractivity contribution in [3.05, 3.63) is 0 Å². The van der Waals surface area contributed by atoms with Crippen molar-refractivity contribution in [2.24, 2.45) is 5.41 Å². The standard InChI is InChI=1S/C9H16N4O3S2/c1-9(2-4-16-5-3-9)6-11-18(14,15)8-13-12-7(10)17-8/h11H,2-6H2,1H3,(H2,10,12). The van der Waals surface area contributed by atoms with Crippen LogP contribution in [0.4, 0.5) is 5.13 Å². The summed E-state index contributed by atoms with van der Waals surface area (Å²) in [6, 6.07) is 0. The highest BCUT2D eigenvalue weighted by atomic mass is 32.2. The van der Waals surface area contributed by atoms with Crippen molar-refractivity contribution in [2.75, 3.05) is 25.5 Å². The Balaban J connectivity index is 2.01. The van der Waals surface area contributed by atoms with E-state index in [0.717, 1.165) is 24.2 Å². The molecule has 1 saturated heterocycles. The number of nitrogen functional groups attached to an aromatic ring is 1. The lowest BCUT2D eigenvalue weighted by atomic mass is 9.83. The summed E-state index contributed by atoms with van der Waals surface area (Å²) in [5.41, 5.74) is 5.31. The average molecular weight is 292 g/mol. The van der Waals surface area contributed by atoms with Crippen LogP contribution in [0.5, 0.6) is 0 Å². The number of ether oxygens (including phenoxy) is 1. The second-order valence-corrected chi connectivity index (χ2v) is 7.60. The SMILES string of the molecule is CC1(CNS(=O)(=O)c2nnc(N)s2)CCOCC1. The van der Waals surface area contributed by atoms with Gasteiger partial charge in [0.05, 0.1) is 0 Å². The maximum atomic E-state index is 11.9. The lowest BCUT2D eigenvalue weighted by molar-refractivity contribution is 0.0264. The van der Waals surface area contributed by atoms with Gasteiger partial charge in [0.15, 0.2) is 0 Å². The molecule has 2 heterocycles. The van der Waals surface area contributed by atoms with Crippen LogP contribution in [0.25, 0.3) is 0 Å². The molecule has 0 amide bonds. The van der Waals surface area contributed by atoms with Crippen LogP contribution in [-0.2, 0) is 14.8 Å². The topological polar surface area (TPSA) is 107 Å². The third kappa shape index (κ3) is 3.16. The van der Waals surface area contributed by atoms with Crippen LogP contribution in [-0.4, -0.2) is 38.4 Å². The van der Waals surface area contributed by atoms with Crippen molar-refractivity contribution in [1.29, 1.82) is 0 Å². The van der Waals surface area contributed by atoms with E-state index in [9.17, 15) is 8.42 Å². The van der Waals surface area contributed by atoms with Crippen molar-refractivity contribution < 1.29 is 13.2 Å². The molecule has 1 aromatic heterocycles. The Morgan fingerprint density at radius 3 is 2.67 bits per heavy atom. The van der Waals surface area contributed by atoms with E-state index in [1.807, 2.05) is 6.92 Å². The van der Waals surface area contributed by atoms with Gasteiger partial charge in [-0.15, -0.1) is 10.2 Å². The average Bonchev–Trinajstić information content (AvgIpc) is 2.76. The van der Waals surface area contributed by atoms with E-state index in [0.29, 0.717) is 19.8 Å². The van der Waals surface area contributed by atoms with Crippen molar-refractivity contribution in [3.63, 3.8) is 0 Å². The summed E-state index contributed by atoms with van der Waals surface area (Å²) in [5, 5.41) is 7.19. The smallest absolute Gasteiger partial charge is 0.269 e. The van der Waals surface area contributed by atoms with Crippen LogP contribution in [0.3, 0.4) is 0 Å². The fourth-order valence-corrected chi connectivity index (χ4v) is 3.73. The van der Waals surface area contributed by atoms with Gasteiger partial charge in [0.1, 0.15) is 0 Å². The highest BCUT2D eigenvalue weighted by Crippen LogP contribution is 2.29. The highest BCUT2D eigenvalue weighted by molar-refractivity contribution is 7.91. The summed E-state index contributed by atoms with van der Waals surface area (Å²) >= 11 is 0.861. The van der Waals surface area contributed by atoms with E-state index < -0.39 is 10.0 Å². The van der Waals surface area contributed by atoms with Gasteiger partial charge in [-0.1, -0.05) is 18.3 Å². The quantitative estimate of drug-likeness (QED) is 0.821. The highest BCUT2D eigenvalue weighted by Gasteiger charge is 2.30. The van der Waals surface area contributed by atoms with Crippen LogP contribution in [0.2, 0.25) is 0 Å². The van der Waals surface area contributed by atoms with E-state index in [1.54, 1.807) is 0 Å². The Morgan fingerprint density at radius 1 is 1.44 bits per heavy atom. The number of sulfonamides is 1. The first-order chi connectivity index (χ1) is 8.41. The summed E-state index contributed by atoms with van der Waals surface area (Å²) in [4.78, 5) is 0. The number of rotatable bonds is 4. The molecular weight excluding hydrogens is 276 g/mol. The summed E-state index contributed by atoms with van der Waals surface area (Å²) in [5.74, 6) is 0. The number of nitrogens with one attached hydrogen (secondary N) is 1. The minimum absolute atomic E-state index is 0.0679. The molecule has 0 bridgehead atoms. The summed E-state index contributed by atoms with van der Waals surface area (Å²) in [6.07, 6.45) is 1.68. The van der Waals surface area contributed by atoms with E-state index in [4.69, 9.17) is 10.5 Å². The van der Waals surface area contributed by atoms with Crippen molar-refractivity contribution >= 4 is 26.5 Å². The zero-order chi connectivity index (χ0) is 13.2. The third-order valence-corrected chi connectivity index (χ3v) is 5.56. The second kappa shape index (κ2) is 5.08. The normalized spacial score (nSPS) is 19.8. The van der Waals surface area contributed by atoms with Crippen LogP contribution in [0.15, 0.2) is 4.34 Å². The minimum Gasteiger partial charge on any atom is -0.381 e. The molecule has 1 aliphatic rings. The predicted octanol–water partition coefficient (Wildman–Crippen LogP) is 0.215. The first-order valence-electron chi connectivity index (χ1n) is 5.58. The molecule has 3 N–H and O–H groups in total. The molecule has 18 heavy (non-hydrogen) atoms. The van der Waals surface area contributed by atoms with Crippen LogP contribution in [0.1, 0.15) is 19.8 Å². The molecule has 0 atom stereocenters. The Morgan fingerprint density at radius 2 is 2.11 bits per heavy atom. The summed E-state index contributed by atoms with van der Waals surface area (Å²) < 4.78 is 31.6. The van der Waals surface area contributed by atoms with E-state index in [2.05, 4.69) is 14.9 Å². The Bertz CT molecular complexity index is 508. The molecule has 102 valence electrons. The first-order valence-corrected chi connectivity index (χ1v) is 7.88. The van der Waals surface area contributed by atoms with Gasteiger partial charge in [0, 0.05) is 19.8 Å². The first kappa shape index (κ1) is 13.7. The summed E-state index contributed by atoms with van der Waals surface area (Å²) in [7, 11) is -3.60. The maximum absolute atomic E-state index is 11.9. The van der Waals surface area contributed by atoms with Crippen molar-refractivity contribution in [3.8, 4) is 0 Å². The van der Waals surface area contributed by atoms with Gasteiger partial charge in [0.2, 0.25) is 9.47 Å². The van der Waals surface area contributed by atoms with Crippen LogP contribution >= 0.6 is 11.3 Å². The molecule has 1 aliphatic heterocycles. The van der Waals surface area contributed by atoms with Gasteiger partial charge in [0.25, 0.3) is 10.0 Å². The molecule has 0 unspecified atom stereocenters. The number of hydrogen-bond acceptors (Lipinski definition) is 7. The zero-order valence-electron chi connectivity index (χ0n) is 10.0. The molecule has 0 aromatic carbocycles. The van der Waals surface area contributed by atoms with Crippen LogP contribution in [0, 0.1) is 5.41 Å². The molecule has 1 aromatic rings. The number of nitrogens with zero attached hydrogens (tertiary/aromatic N) is 2. The number of hydrogen-bond donors (Lipinski definition) is 2. The number of nitrogens with two attached hydrogens (primary N) is 1. The van der Waals surface area contributed by atoms with E-state index in [-0.39, 0.29) is 14.9 Å². The largest absolute Gasteiger partial charge is 0.381 e. The zero-order valence-corrected chi connectivity index (χ0v) is 11.7. The fraction of sp³-hybridized carbons (Fsp3) is 0.778. The fourth-order valence-electron chi connectivity index (χ4n) is 1.70. The number of anilines is 1. The van der Waals surface area contributed by atoms with Gasteiger partial charge in [-0.2, -0.15) is 0 Å². The van der Waals surface area contributed by atoms with Gasteiger partial charge in [-0.25, -0.2) is 13.1 Å². The Labute approximate surface area is 110 Å². The molecular formula is C9H16N4O3S2. The van der Waals surface area contributed by atoms with Gasteiger partial charge >= 0.3 is 0 Å². The molecule has 0 radical (unpaired) electrons. The predicted molar refractivity (Wildman–Crippen MR) is 67.7 cm³/mol. The number of aromatic nitrogens is 2. The van der Waals surface area contributed by atoms with Gasteiger partial charge in [-0.3, -0.25) is 0 Å². The van der Waals surface area contributed by atoms with E-state index in [1.165, 1.54) is 0 Å². The summed E-state index contributed by atoms with van der Waals surface area (Å²) in [6.45, 7) is 3.76. The molecule has 0 aliphatic carbocycles. The van der Waals surface area contributed by atoms with Crippen LogP contribution < -0.4 is 10.5 Å². The molecule has 2 rings (SSSR count). The second-order valence-electron chi connectivity index (χ2n) is 4.65. The molecule has 0 saturated carbocycles. The van der Waals surface area contributed by atoms with Gasteiger partial charge in [-0.05, 0) is 18.3 Å². The minimum atomic E-state index is -3.60. The molecule has 1 fully saturated rings. The Kier molecular flexibility index (Phi) is 3.85.